The Hall–Kier alpha value is -2.81. The second-order valence-electron chi connectivity index (χ2n) is 5.46. The smallest absolute Gasteiger partial charge is 0.250 e. The fraction of sp³-hybridized carbons (Fsp3) is 0.333. The Morgan fingerprint density at radius 3 is 2.22 bits per heavy atom. The van der Waals surface area contributed by atoms with Gasteiger partial charge in [0.05, 0.1) is 33.3 Å². The first-order valence-corrected chi connectivity index (χ1v) is 9.02. The van der Waals surface area contributed by atoms with Gasteiger partial charge in [0.1, 0.15) is 5.75 Å². The lowest BCUT2D eigenvalue weighted by molar-refractivity contribution is -0.118. The van der Waals surface area contributed by atoms with Crippen LogP contribution in [0.4, 0.5) is 0 Å². The second kappa shape index (κ2) is 9.77. The predicted octanol–water partition coefficient (Wildman–Crippen LogP) is 2.36. The minimum absolute atomic E-state index is 0.156. The third-order valence-corrected chi connectivity index (χ3v) is 4.27. The van der Waals surface area contributed by atoms with Crippen LogP contribution in [0.3, 0.4) is 0 Å². The van der Waals surface area contributed by atoms with E-state index in [1.807, 2.05) is 19.9 Å². The molecule has 0 atom stereocenters. The lowest BCUT2D eigenvalue weighted by atomic mass is 10.2. The van der Waals surface area contributed by atoms with E-state index in [-0.39, 0.29) is 11.7 Å². The van der Waals surface area contributed by atoms with Crippen molar-refractivity contribution in [2.24, 2.45) is 5.10 Å². The number of amides is 1. The molecular formula is C18H22N4O4S. The Morgan fingerprint density at radius 1 is 1.04 bits per heavy atom. The number of carbonyl (C=O) groups excluding carboxylic acids is 1. The largest absolute Gasteiger partial charge is 0.496 e. The minimum Gasteiger partial charge on any atom is -0.496 e. The molecular weight excluding hydrogens is 368 g/mol. The fourth-order valence-electron chi connectivity index (χ4n) is 2.25. The Balaban J connectivity index is 1.99. The van der Waals surface area contributed by atoms with Crippen LogP contribution in [-0.4, -0.2) is 49.2 Å². The molecule has 8 nitrogen and oxygen atoms in total. The number of nitrogens with one attached hydrogen (secondary N) is 1. The summed E-state index contributed by atoms with van der Waals surface area (Å²) in [6, 6.07) is 5.28. The number of carbonyl (C=O) groups is 1. The van der Waals surface area contributed by atoms with E-state index >= 15 is 0 Å². The molecule has 0 saturated heterocycles. The van der Waals surface area contributed by atoms with Crippen molar-refractivity contribution in [1.29, 1.82) is 0 Å². The Kier molecular flexibility index (Phi) is 7.42. The van der Waals surface area contributed by atoms with Gasteiger partial charge >= 0.3 is 0 Å². The normalized spacial score (nSPS) is 10.7. The van der Waals surface area contributed by atoms with Crippen LogP contribution in [0.15, 0.2) is 28.5 Å². The van der Waals surface area contributed by atoms with Gasteiger partial charge in [-0.05, 0) is 26.0 Å². The number of hydrogen-bond donors (Lipinski definition) is 1. The van der Waals surface area contributed by atoms with Crippen LogP contribution in [0.1, 0.15) is 17.0 Å². The highest BCUT2D eigenvalue weighted by atomic mass is 32.2. The SMILES string of the molecule is COc1cc(OC)c(OC)cc1/C=N/NC(=O)CSc1nc(C)cc(C)n1. The molecule has 1 aromatic heterocycles. The van der Waals surface area contributed by atoms with Gasteiger partial charge in [-0.25, -0.2) is 15.4 Å². The van der Waals surface area contributed by atoms with Crippen molar-refractivity contribution in [3.05, 3.63) is 35.2 Å². The number of hydrogen-bond acceptors (Lipinski definition) is 8. The van der Waals surface area contributed by atoms with Gasteiger partial charge in [0.2, 0.25) is 0 Å². The average molecular weight is 390 g/mol. The van der Waals surface area contributed by atoms with Crippen molar-refractivity contribution < 1.29 is 19.0 Å². The van der Waals surface area contributed by atoms with E-state index in [2.05, 4.69) is 20.5 Å². The van der Waals surface area contributed by atoms with E-state index in [9.17, 15) is 4.79 Å². The van der Waals surface area contributed by atoms with E-state index in [1.165, 1.54) is 25.1 Å². The van der Waals surface area contributed by atoms with Gasteiger partial charge < -0.3 is 14.2 Å². The molecule has 0 radical (unpaired) electrons. The molecule has 27 heavy (non-hydrogen) atoms. The van der Waals surface area contributed by atoms with Crippen LogP contribution in [0.25, 0.3) is 0 Å². The number of methoxy groups -OCH3 is 3. The number of aromatic nitrogens is 2. The summed E-state index contributed by atoms with van der Waals surface area (Å²) < 4.78 is 15.8. The summed E-state index contributed by atoms with van der Waals surface area (Å²) in [5.41, 5.74) is 4.84. The number of thioether (sulfide) groups is 1. The monoisotopic (exact) mass is 390 g/mol. The van der Waals surface area contributed by atoms with Crippen LogP contribution in [0.2, 0.25) is 0 Å². The van der Waals surface area contributed by atoms with Crippen molar-refractivity contribution in [2.45, 2.75) is 19.0 Å². The number of nitrogens with zero attached hydrogens (tertiary/aromatic N) is 3. The average Bonchev–Trinajstić information content (AvgIpc) is 2.65. The first-order chi connectivity index (χ1) is 13.0. The van der Waals surface area contributed by atoms with E-state index in [4.69, 9.17) is 14.2 Å². The minimum atomic E-state index is -0.265. The van der Waals surface area contributed by atoms with Gasteiger partial charge in [-0.15, -0.1) is 0 Å². The summed E-state index contributed by atoms with van der Waals surface area (Å²) in [5.74, 6) is 1.51. The highest BCUT2D eigenvalue weighted by molar-refractivity contribution is 7.99. The first-order valence-electron chi connectivity index (χ1n) is 8.03. The predicted molar refractivity (Wildman–Crippen MR) is 104 cm³/mol. The van der Waals surface area contributed by atoms with Crippen LogP contribution in [-0.2, 0) is 4.79 Å². The second-order valence-corrected chi connectivity index (χ2v) is 6.41. The maximum Gasteiger partial charge on any atom is 0.250 e. The summed E-state index contributed by atoms with van der Waals surface area (Å²) in [5, 5.41) is 4.54. The lowest BCUT2D eigenvalue weighted by Gasteiger charge is -2.11. The van der Waals surface area contributed by atoms with Gasteiger partial charge in [0, 0.05) is 23.0 Å². The van der Waals surface area contributed by atoms with Crippen molar-refractivity contribution in [3.63, 3.8) is 0 Å². The van der Waals surface area contributed by atoms with Crippen molar-refractivity contribution >= 4 is 23.9 Å². The molecule has 1 amide bonds. The molecule has 2 aromatic rings. The Morgan fingerprint density at radius 2 is 1.63 bits per heavy atom. The summed E-state index contributed by atoms with van der Waals surface area (Å²) in [6.45, 7) is 3.78. The fourth-order valence-corrected chi connectivity index (χ4v) is 2.99. The highest BCUT2D eigenvalue weighted by Gasteiger charge is 2.11. The molecule has 1 N–H and O–H groups in total. The molecule has 0 spiro atoms. The van der Waals surface area contributed by atoms with E-state index in [0.29, 0.717) is 28.0 Å². The number of hydrazone groups is 1. The number of aryl methyl sites for hydroxylation is 2. The molecule has 0 bridgehead atoms. The van der Waals surface area contributed by atoms with Crippen LogP contribution in [0.5, 0.6) is 17.2 Å². The van der Waals surface area contributed by atoms with Gasteiger partial charge in [0.25, 0.3) is 5.91 Å². The summed E-state index contributed by atoms with van der Waals surface area (Å²) in [7, 11) is 4.62. The molecule has 2 rings (SSSR count). The molecule has 0 aliphatic carbocycles. The van der Waals surface area contributed by atoms with Gasteiger partial charge in [-0.1, -0.05) is 11.8 Å². The molecule has 0 fully saturated rings. The molecule has 144 valence electrons. The maximum atomic E-state index is 12.0. The molecule has 0 unspecified atom stereocenters. The first kappa shape index (κ1) is 20.5. The molecule has 0 aliphatic heterocycles. The number of ether oxygens (including phenoxy) is 3. The Labute approximate surface area is 162 Å². The van der Waals surface area contributed by atoms with E-state index in [0.717, 1.165) is 11.4 Å². The third kappa shape index (κ3) is 5.85. The summed E-state index contributed by atoms with van der Waals surface area (Å²) >= 11 is 1.25. The van der Waals surface area contributed by atoms with Crippen molar-refractivity contribution in [1.82, 2.24) is 15.4 Å². The standard InChI is InChI=1S/C18H22N4O4S/c1-11-6-12(2)21-18(20-11)27-10-17(23)22-19-9-13-7-15(25-4)16(26-5)8-14(13)24-3/h6-9H,10H2,1-5H3,(H,22,23)/b19-9+. The number of benzene rings is 1. The van der Waals surface area contributed by atoms with Crippen LogP contribution in [0, 0.1) is 13.8 Å². The molecule has 0 aliphatic rings. The maximum absolute atomic E-state index is 12.0. The van der Waals surface area contributed by atoms with Crippen molar-refractivity contribution in [3.8, 4) is 17.2 Å². The van der Waals surface area contributed by atoms with Gasteiger partial charge in [-0.3, -0.25) is 4.79 Å². The quantitative estimate of drug-likeness (QED) is 0.320. The Bertz CT molecular complexity index is 822. The number of rotatable bonds is 8. The zero-order chi connectivity index (χ0) is 19.8. The topological polar surface area (TPSA) is 94.9 Å². The zero-order valence-corrected chi connectivity index (χ0v) is 16.7. The third-order valence-electron chi connectivity index (χ3n) is 3.42. The van der Waals surface area contributed by atoms with Gasteiger partial charge in [0.15, 0.2) is 16.7 Å². The van der Waals surface area contributed by atoms with Crippen LogP contribution < -0.4 is 19.6 Å². The molecule has 9 heteroatoms. The molecule has 1 heterocycles. The van der Waals surface area contributed by atoms with Crippen molar-refractivity contribution in [2.75, 3.05) is 27.1 Å². The van der Waals surface area contributed by atoms with Crippen LogP contribution >= 0.6 is 11.8 Å². The molecule has 1 aromatic carbocycles. The highest BCUT2D eigenvalue weighted by Crippen LogP contribution is 2.33. The zero-order valence-electron chi connectivity index (χ0n) is 15.9. The lowest BCUT2D eigenvalue weighted by Crippen LogP contribution is -2.20. The van der Waals surface area contributed by atoms with E-state index in [1.54, 1.807) is 26.4 Å². The van der Waals surface area contributed by atoms with E-state index < -0.39 is 0 Å². The summed E-state index contributed by atoms with van der Waals surface area (Å²) in [4.78, 5) is 20.5. The van der Waals surface area contributed by atoms with Gasteiger partial charge in [-0.2, -0.15) is 5.10 Å². The summed E-state index contributed by atoms with van der Waals surface area (Å²) in [6.07, 6.45) is 1.48. The molecule has 0 saturated carbocycles.